The molecule has 0 aliphatic rings. The highest BCUT2D eigenvalue weighted by Crippen LogP contribution is 2.05. The maximum atomic E-state index is 11.0. The molecule has 1 heterocycles. The van der Waals surface area contributed by atoms with E-state index in [9.17, 15) is 4.79 Å². The molecule has 1 rings (SSSR count). The zero-order valence-electron chi connectivity index (χ0n) is 5.99. The van der Waals surface area contributed by atoms with Crippen LogP contribution in [0.25, 0.3) is 0 Å². The Morgan fingerprint density at radius 2 is 2.27 bits per heavy atom. The Hall–Kier alpha value is -0.800. The van der Waals surface area contributed by atoms with Crippen LogP contribution in [0.15, 0.2) is 23.1 Å². The first-order valence-corrected chi connectivity index (χ1v) is 3.55. The Morgan fingerprint density at radius 3 is 2.73 bits per heavy atom. The Labute approximate surface area is 68.8 Å². The molecule has 11 heavy (non-hydrogen) atoms. The molecule has 0 amide bonds. The van der Waals surface area contributed by atoms with Crippen molar-refractivity contribution in [2.24, 2.45) is 0 Å². The van der Waals surface area contributed by atoms with Gasteiger partial charge in [-0.25, -0.2) is 0 Å². The Bertz CT molecular complexity index is 306. The van der Waals surface area contributed by atoms with Gasteiger partial charge in [0.05, 0.1) is 5.02 Å². The number of pyridine rings is 1. The summed E-state index contributed by atoms with van der Waals surface area (Å²) in [5, 5.41) is 9.47. The summed E-state index contributed by atoms with van der Waals surface area (Å²) in [5.41, 5.74) is -0.260. The molecule has 0 aliphatic heterocycles. The van der Waals surface area contributed by atoms with Crippen LogP contribution in [0.3, 0.4) is 0 Å². The van der Waals surface area contributed by atoms with Gasteiger partial charge < -0.3 is 5.11 Å². The minimum Gasteiger partial charge on any atom is -0.373 e. The first-order chi connectivity index (χ1) is 5.11. The zero-order valence-corrected chi connectivity index (χ0v) is 6.75. The molecule has 0 aromatic carbocycles. The summed E-state index contributed by atoms with van der Waals surface area (Å²) in [5.74, 6) is 0. The predicted molar refractivity (Wildman–Crippen MR) is 42.6 cm³/mol. The van der Waals surface area contributed by atoms with E-state index in [1.807, 2.05) is 0 Å². The van der Waals surface area contributed by atoms with Gasteiger partial charge >= 0.3 is 0 Å². The molecule has 0 saturated carbocycles. The van der Waals surface area contributed by atoms with Gasteiger partial charge in [0.1, 0.15) is 6.23 Å². The van der Waals surface area contributed by atoms with Gasteiger partial charge in [-0.05, 0) is 13.0 Å². The molecule has 1 aromatic rings. The third-order valence-corrected chi connectivity index (χ3v) is 1.53. The van der Waals surface area contributed by atoms with Crippen molar-refractivity contribution in [2.75, 3.05) is 0 Å². The second-order valence-corrected chi connectivity index (χ2v) is 2.66. The van der Waals surface area contributed by atoms with Crippen LogP contribution in [0.1, 0.15) is 13.2 Å². The zero-order chi connectivity index (χ0) is 8.43. The van der Waals surface area contributed by atoms with Crippen molar-refractivity contribution < 1.29 is 5.11 Å². The average Bonchev–Trinajstić information content (AvgIpc) is 1.94. The third-order valence-electron chi connectivity index (χ3n) is 1.30. The first-order valence-electron chi connectivity index (χ1n) is 3.17. The van der Waals surface area contributed by atoms with Gasteiger partial charge in [-0.15, -0.1) is 0 Å². The van der Waals surface area contributed by atoms with Gasteiger partial charge in [0, 0.05) is 12.3 Å². The standard InChI is InChI=1S/C7H8ClNO2/c1-5(10)9-4-6(8)2-3-7(9)11/h2-5,10H,1H3. The molecule has 1 aromatic heterocycles. The van der Waals surface area contributed by atoms with Crippen molar-refractivity contribution in [3.8, 4) is 0 Å². The second kappa shape index (κ2) is 3.07. The van der Waals surface area contributed by atoms with E-state index in [2.05, 4.69) is 0 Å². The number of nitrogens with zero attached hydrogens (tertiary/aromatic N) is 1. The van der Waals surface area contributed by atoms with Crippen molar-refractivity contribution in [2.45, 2.75) is 13.2 Å². The highest BCUT2D eigenvalue weighted by atomic mass is 35.5. The largest absolute Gasteiger partial charge is 0.373 e. The van der Waals surface area contributed by atoms with E-state index in [-0.39, 0.29) is 5.56 Å². The Morgan fingerprint density at radius 1 is 1.64 bits per heavy atom. The molecule has 1 atom stereocenters. The predicted octanol–water partition coefficient (Wildman–Crippen LogP) is 1.01. The lowest BCUT2D eigenvalue weighted by Crippen LogP contribution is -2.21. The summed E-state index contributed by atoms with van der Waals surface area (Å²) in [7, 11) is 0. The van der Waals surface area contributed by atoms with E-state index in [1.165, 1.54) is 25.3 Å². The molecule has 0 fully saturated rings. The summed E-state index contributed by atoms with van der Waals surface area (Å²) in [6.45, 7) is 1.50. The molecule has 0 bridgehead atoms. The van der Waals surface area contributed by atoms with Gasteiger partial charge in [0.25, 0.3) is 5.56 Å². The van der Waals surface area contributed by atoms with Crippen LogP contribution >= 0.6 is 11.6 Å². The topological polar surface area (TPSA) is 42.2 Å². The van der Waals surface area contributed by atoms with E-state index < -0.39 is 6.23 Å². The molecular formula is C7H8ClNO2. The second-order valence-electron chi connectivity index (χ2n) is 2.22. The summed E-state index contributed by atoms with van der Waals surface area (Å²) in [6, 6.07) is 2.80. The number of halogens is 1. The van der Waals surface area contributed by atoms with Crippen molar-refractivity contribution in [1.82, 2.24) is 4.57 Å². The minimum atomic E-state index is -0.832. The number of hydrogen-bond acceptors (Lipinski definition) is 2. The number of aliphatic hydroxyl groups excluding tert-OH is 1. The summed E-state index contributed by atoms with van der Waals surface area (Å²) in [4.78, 5) is 11.0. The summed E-state index contributed by atoms with van der Waals surface area (Å²) < 4.78 is 1.16. The highest BCUT2D eigenvalue weighted by Gasteiger charge is 2.00. The molecule has 0 saturated heterocycles. The number of rotatable bonds is 1. The monoisotopic (exact) mass is 173 g/mol. The van der Waals surface area contributed by atoms with Gasteiger partial charge in [0.15, 0.2) is 0 Å². The number of aromatic nitrogens is 1. The van der Waals surface area contributed by atoms with Gasteiger partial charge in [-0.3, -0.25) is 9.36 Å². The van der Waals surface area contributed by atoms with Crippen LogP contribution in [0, 0.1) is 0 Å². The molecular weight excluding hydrogens is 166 g/mol. The molecule has 0 spiro atoms. The maximum absolute atomic E-state index is 11.0. The average molecular weight is 174 g/mol. The molecule has 4 heteroatoms. The van der Waals surface area contributed by atoms with E-state index in [0.717, 1.165) is 4.57 Å². The first kappa shape index (κ1) is 8.30. The van der Waals surface area contributed by atoms with Gasteiger partial charge in [-0.2, -0.15) is 0 Å². The van der Waals surface area contributed by atoms with E-state index in [1.54, 1.807) is 0 Å². The van der Waals surface area contributed by atoms with Crippen LogP contribution in [-0.2, 0) is 0 Å². The fourth-order valence-electron chi connectivity index (χ4n) is 0.769. The number of aliphatic hydroxyl groups is 1. The summed E-state index contributed by atoms with van der Waals surface area (Å²) >= 11 is 5.59. The Kier molecular flexibility index (Phi) is 2.31. The quantitative estimate of drug-likeness (QED) is 0.689. The highest BCUT2D eigenvalue weighted by molar-refractivity contribution is 6.30. The molecule has 1 N–H and O–H groups in total. The van der Waals surface area contributed by atoms with Crippen molar-refractivity contribution in [3.05, 3.63) is 33.7 Å². The molecule has 60 valence electrons. The molecule has 0 radical (unpaired) electrons. The van der Waals surface area contributed by atoms with E-state index >= 15 is 0 Å². The van der Waals surface area contributed by atoms with Gasteiger partial charge in [-0.1, -0.05) is 11.6 Å². The minimum absolute atomic E-state index is 0.260. The smallest absolute Gasteiger partial charge is 0.252 e. The molecule has 3 nitrogen and oxygen atoms in total. The van der Waals surface area contributed by atoms with Crippen molar-refractivity contribution >= 4 is 11.6 Å². The fraction of sp³-hybridized carbons (Fsp3) is 0.286. The lowest BCUT2D eigenvalue weighted by molar-refractivity contribution is 0.120. The molecule has 1 unspecified atom stereocenters. The van der Waals surface area contributed by atoms with Crippen LogP contribution in [-0.4, -0.2) is 9.67 Å². The third kappa shape index (κ3) is 1.82. The molecule has 0 aliphatic carbocycles. The van der Waals surface area contributed by atoms with Gasteiger partial charge in [0.2, 0.25) is 0 Å². The number of hydrogen-bond donors (Lipinski definition) is 1. The lowest BCUT2D eigenvalue weighted by Gasteiger charge is -2.07. The SMILES string of the molecule is CC(O)n1cc(Cl)ccc1=O. The summed E-state index contributed by atoms with van der Waals surface area (Å²) in [6.07, 6.45) is 0.565. The lowest BCUT2D eigenvalue weighted by atomic mass is 10.4. The van der Waals surface area contributed by atoms with E-state index in [4.69, 9.17) is 16.7 Å². The maximum Gasteiger partial charge on any atom is 0.252 e. The van der Waals surface area contributed by atoms with E-state index in [0.29, 0.717) is 5.02 Å². The van der Waals surface area contributed by atoms with Crippen molar-refractivity contribution in [1.29, 1.82) is 0 Å². The normalized spacial score (nSPS) is 13.0. The Balaban J connectivity index is 3.24. The van der Waals surface area contributed by atoms with Crippen molar-refractivity contribution in [3.63, 3.8) is 0 Å². The van der Waals surface area contributed by atoms with Crippen LogP contribution in [0.5, 0.6) is 0 Å². The van der Waals surface area contributed by atoms with Crippen LogP contribution in [0.2, 0.25) is 5.02 Å². The van der Waals surface area contributed by atoms with Crippen LogP contribution < -0.4 is 5.56 Å². The fourth-order valence-corrected chi connectivity index (χ4v) is 0.937. The van der Waals surface area contributed by atoms with Crippen LogP contribution in [0.4, 0.5) is 0 Å².